The molecule has 3 aromatic rings. The van der Waals surface area contributed by atoms with Gasteiger partial charge in [0.2, 0.25) is 0 Å². The lowest BCUT2D eigenvalue weighted by Gasteiger charge is -2.24. The zero-order valence-corrected chi connectivity index (χ0v) is 25.6. The summed E-state index contributed by atoms with van der Waals surface area (Å²) in [4.78, 5) is 35.7. The number of anilines is 1. The number of halogens is 2. The van der Waals surface area contributed by atoms with E-state index in [0.717, 1.165) is 16.9 Å². The van der Waals surface area contributed by atoms with Crippen molar-refractivity contribution in [3.05, 3.63) is 46.6 Å². The van der Waals surface area contributed by atoms with Gasteiger partial charge in [0, 0.05) is 37.6 Å². The van der Waals surface area contributed by atoms with Crippen LogP contribution in [0.15, 0.2) is 24.4 Å². The lowest BCUT2D eigenvalue weighted by Crippen LogP contribution is -2.40. The van der Waals surface area contributed by atoms with Gasteiger partial charge in [0.25, 0.3) is 17.6 Å². The van der Waals surface area contributed by atoms with Crippen molar-refractivity contribution < 1.29 is 14.2 Å². The van der Waals surface area contributed by atoms with E-state index in [1.54, 1.807) is 4.90 Å². The number of imidazole rings is 1. The zero-order chi connectivity index (χ0) is 29.7. The van der Waals surface area contributed by atoms with Crippen LogP contribution in [0.2, 0.25) is 5.15 Å². The molecule has 0 bridgehead atoms. The third-order valence-electron chi connectivity index (χ3n) is 5.72. The maximum Gasteiger partial charge on any atom is 0.277 e. The molecule has 0 spiro atoms. The number of aryl methyl sites for hydroxylation is 2. The van der Waals surface area contributed by atoms with Gasteiger partial charge in [-0.2, -0.15) is 0 Å². The SMILES string of the molecule is CC.CCl.CCn1c(CNC(=O)c2nc(Cl)cnc2N)[n+](CC)c2ccc(C(=O)N(CCN)CC(C)C)cc21. The summed E-state index contributed by atoms with van der Waals surface area (Å²) < 4.78 is 4.21. The Morgan fingerprint density at radius 1 is 1.21 bits per heavy atom. The van der Waals surface area contributed by atoms with E-state index in [-0.39, 0.29) is 29.1 Å². The van der Waals surface area contributed by atoms with Crippen LogP contribution in [0, 0.1) is 5.92 Å². The molecule has 0 radical (unpaired) electrons. The summed E-state index contributed by atoms with van der Waals surface area (Å²) in [6.45, 7) is 15.4. The third-order valence-corrected chi connectivity index (χ3v) is 5.91. The number of nitrogen functional groups attached to an aromatic ring is 1. The summed E-state index contributed by atoms with van der Waals surface area (Å²) in [7, 11) is 0. The van der Waals surface area contributed by atoms with Crippen LogP contribution in [-0.4, -0.2) is 57.3 Å². The van der Waals surface area contributed by atoms with Gasteiger partial charge < -0.3 is 21.7 Å². The molecule has 3 rings (SSSR count). The first-order valence-corrected chi connectivity index (χ1v) is 14.3. The third kappa shape index (κ3) is 8.52. The number of hydrogen-bond acceptors (Lipinski definition) is 6. The van der Waals surface area contributed by atoms with Crippen LogP contribution >= 0.6 is 23.2 Å². The molecule has 0 fully saturated rings. The molecular formula is C27H43Cl2N8O2+. The van der Waals surface area contributed by atoms with E-state index in [2.05, 4.69) is 49.9 Å². The van der Waals surface area contributed by atoms with E-state index in [1.165, 1.54) is 12.6 Å². The van der Waals surface area contributed by atoms with Crippen molar-refractivity contribution in [3.8, 4) is 0 Å². The Hall–Kier alpha value is -2.95. The fourth-order valence-electron chi connectivity index (χ4n) is 4.26. The lowest BCUT2D eigenvalue weighted by atomic mass is 10.1. The highest BCUT2D eigenvalue weighted by molar-refractivity contribution is 6.29. The number of carbonyl (C=O) groups is 2. The largest absolute Gasteiger partial charge is 0.382 e. The number of amides is 2. The van der Waals surface area contributed by atoms with E-state index in [1.807, 2.05) is 45.9 Å². The maximum atomic E-state index is 13.3. The number of carbonyl (C=O) groups excluding carboxylic acids is 2. The second kappa shape index (κ2) is 16.9. The number of nitrogens with two attached hydrogens (primary N) is 2. The Morgan fingerprint density at radius 2 is 1.87 bits per heavy atom. The highest BCUT2D eigenvalue weighted by Gasteiger charge is 2.26. The number of aromatic nitrogens is 4. The van der Waals surface area contributed by atoms with Crippen LogP contribution in [-0.2, 0) is 19.6 Å². The second-order valence-corrected chi connectivity index (χ2v) is 9.04. The quantitative estimate of drug-likeness (QED) is 0.245. The van der Waals surface area contributed by atoms with Crippen molar-refractivity contribution in [2.75, 3.05) is 31.8 Å². The molecule has 0 saturated carbocycles. The average molecular weight is 583 g/mol. The minimum Gasteiger partial charge on any atom is -0.382 e. The van der Waals surface area contributed by atoms with Gasteiger partial charge in [-0.1, -0.05) is 39.3 Å². The first kappa shape index (κ1) is 34.1. The molecule has 0 saturated heterocycles. The molecule has 0 aliphatic heterocycles. The molecule has 10 nitrogen and oxygen atoms in total. The van der Waals surface area contributed by atoms with Gasteiger partial charge in [-0.3, -0.25) is 9.59 Å². The first-order chi connectivity index (χ1) is 18.7. The summed E-state index contributed by atoms with van der Waals surface area (Å²) in [6, 6.07) is 5.73. The van der Waals surface area contributed by atoms with Crippen molar-refractivity contribution >= 4 is 51.9 Å². The number of rotatable bonds is 10. The zero-order valence-electron chi connectivity index (χ0n) is 24.1. The Kier molecular flexibility index (Phi) is 14.8. The molecular weight excluding hydrogens is 539 g/mol. The molecule has 2 amide bonds. The van der Waals surface area contributed by atoms with Crippen molar-refractivity contribution in [1.82, 2.24) is 24.8 Å². The molecule has 39 heavy (non-hydrogen) atoms. The summed E-state index contributed by atoms with van der Waals surface area (Å²) in [5, 5.41) is 2.97. The Labute approximate surface area is 241 Å². The Balaban J connectivity index is 0.00000181. The van der Waals surface area contributed by atoms with Gasteiger partial charge in [0.15, 0.2) is 22.5 Å². The minimum absolute atomic E-state index is 0.0119. The van der Waals surface area contributed by atoms with Gasteiger partial charge in [-0.15, -0.1) is 11.6 Å². The fourth-order valence-corrected chi connectivity index (χ4v) is 4.40. The molecule has 0 aliphatic rings. The number of nitrogens with zero attached hydrogens (tertiary/aromatic N) is 5. The first-order valence-electron chi connectivity index (χ1n) is 13.2. The number of alkyl halides is 1. The predicted molar refractivity (Wildman–Crippen MR) is 159 cm³/mol. The lowest BCUT2D eigenvalue weighted by molar-refractivity contribution is -0.676. The van der Waals surface area contributed by atoms with E-state index < -0.39 is 5.91 Å². The normalized spacial score (nSPS) is 10.4. The van der Waals surface area contributed by atoms with E-state index in [9.17, 15) is 9.59 Å². The van der Waals surface area contributed by atoms with Gasteiger partial charge in [-0.25, -0.2) is 19.1 Å². The summed E-state index contributed by atoms with van der Waals surface area (Å²) in [5.41, 5.74) is 14.1. The molecule has 1 aromatic carbocycles. The molecule has 2 aromatic heterocycles. The minimum atomic E-state index is -0.463. The van der Waals surface area contributed by atoms with Crippen LogP contribution in [0.5, 0.6) is 0 Å². The Morgan fingerprint density at radius 3 is 2.44 bits per heavy atom. The number of nitrogens with one attached hydrogen (secondary N) is 1. The van der Waals surface area contributed by atoms with Gasteiger partial charge in [0.1, 0.15) is 11.7 Å². The molecule has 12 heteroatoms. The molecule has 0 atom stereocenters. The molecule has 0 unspecified atom stereocenters. The summed E-state index contributed by atoms with van der Waals surface area (Å²) in [5.74, 6) is 0.734. The van der Waals surface area contributed by atoms with Crippen LogP contribution in [0.25, 0.3) is 11.0 Å². The number of benzene rings is 1. The summed E-state index contributed by atoms with van der Waals surface area (Å²) >= 11 is 10.5. The molecule has 2 heterocycles. The highest BCUT2D eigenvalue weighted by Crippen LogP contribution is 2.19. The number of fused-ring (bicyclic) bond motifs is 1. The van der Waals surface area contributed by atoms with E-state index in [0.29, 0.717) is 44.2 Å². The molecule has 5 N–H and O–H groups in total. The topological polar surface area (TPSA) is 136 Å². The van der Waals surface area contributed by atoms with Crippen LogP contribution in [0.3, 0.4) is 0 Å². The highest BCUT2D eigenvalue weighted by atomic mass is 35.5. The van der Waals surface area contributed by atoms with Gasteiger partial charge >= 0.3 is 0 Å². The maximum absolute atomic E-state index is 13.3. The molecule has 216 valence electrons. The van der Waals surface area contributed by atoms with Crippen molar-refractivity contribution in [2.24, 2.45) is 11.7 Å². The van der Waals surface area contributed by atoms with Gasteiger partial charge in [0.05, 0.1) is 19.3 Å². The predicted octanol–water partition coefficient (Wildman–Crippen LogP) is 3.86. The Bertz CT molecular complexity index is 1230. The molecule has 0 aliphatic carbocycles. The van der Waals surface area contributed by atoms with Crippen molar-refractivity contribution in [3.63, 3.8) is 0 Å². The van der Waals surface area contributed by atoms with E-state index >= 15 is 0 Å². The van der Waals surface area contributed by atoms with Gasteiger partial charge in [-0.05, 0) is 31.9 Å². The fraction of sp³-hybridized carbons (Fsp3) is 0.519. The second-order valence-electron chi connectivity index (χ2n) is 8.65. The van der Waals surface area contributed by atoms with Crippen LogP contribution < -0.4 is 21.4 Å². The monoisotopic (exact) mass is 581 g/mol. The van der Waals surface area contributed by atoms with Crippen molar-refractivity contribution in [1.29, 1.82) is 0 Å². The summed E-state index contributed by atoms with van der Waals surface area (Å²) in [6.07, 6.45) is 2.77. The van der Waals surface area contributed by atoms with Crippen LogP contribution in [0.1, 0.15) is 68.2 Å². The van der Waals surface area contributed by atoms with E-state index in [4.69, 9.17) is 23.1 Å². The van der Waals surface area contributed by atoms with Crippen LogP contribution in [0.4, 0.5) is 5.82 Å². The average Bonchev–Trinajstić information content (AvgIpc) is 3.25. The smallest absolute Gasteiger partial charge is 0.277 e. The van der Waals surface area contributed by atoms with Crippen molar-refractivity contribution in [2.45, 2.75) is 61.2 Å². The standard InChI is InChI=1S/C24H33ClN8O2.C2H6.CH3Cl/c1-5-32-17-8-7-16(24(35)31(10-9-26)14-15(3)4)11-18(17)33(6-2)20(32)13-29-23(34)21-22(27)28-12-19(25)30-21;2*1-2/h7-8,11-12,15H,5-6,9-10,13-14,26H2,1-4H3,(H2-,27,28,29,34);1-2H3;1H3/p+1. The number of hydrogen-bond donors (Lipinski definition) is 3.